The summed E-state index contributed by atoms with van der Waals surface area (Å²) in [6, 6.07) is 10.8. The van der Waals surface area contributed by atoms with Gasteiger partial charge >= 0.3 is 6.18 Å². The van der Waals surface area contributed by atoms with Crippen LogP contribution in [0.2, 0.25) is 0 Å². The maximum absolute atomic E-state index is 13.3. The first-order chi connectivity index (χ1) is 16.6. The molecule has 1 amide bonds. The van der Waals surface area contributed by atoms with Crippen molar-refractivity contribution in [2.75, 3.05) is 6.54 Å². The molecular formula is C24H19F3N4O4. The Bertz CT molecular complexity index is 1360. The Morgan fingerprint density at radius 2 is 1.89 bits per heavy atom. The van der Waals surface area contributed by atoms with Gasteiger partial charge in [-0.05, 0) is 35.4 Å². The van der Waals surface area contributed by atoms with Crippen molar-refractivity contribution in [3.63, 3.8) is 0 Å². The Kier molecular flexibility index (Phi) is 6.50. The molecule has 0 spiro atoms. The molecule has 0 fully saturated rings. The summed E-state index contributed by atoms with van der Waals surface area (Å²) in [5.74, 6) is -0.222. The molecule has 0 unspecified atom stereocenters. The van der Waals surface area contributed by atoms with Gasteiger partial charge in [-0.15, -0.1) is 0 Å². The molecule has 2 aromatic carbocycles. The van der Waals surface area contributed by atoms with Gasteiger partial charge in [0.1, 0.15) is 5.82 Å². The number of halogens is 3. The molecule has 2 heterocycles. The Morgan fingerprint density at radius 1 is 1.17 bits per heavy atom. The molecule has 0 saturated carbocycles. The molecule has 0 saturated heterocycles. The van der Waals surface area contributed by atoms with Crippen molar-refractivity contribution in [1.29, 1.82) is 0 Å². The largest absolute Gasteiger partial charge is 0.416 e. The van der Waals surface area contributed by atoms with Gasteiger partial charge < -0.3 is 9.88 Å². The quantitative estimate of drug-likeness (QED) is 0.336. The van der Waals surface area contributed by atoms with E-state index in [1.165, 1.54) is 59.5 Å². The third kappa shape index (κ3) is 5.45. The van der Waals surface area contributed by atoms with E-state index in [9.17, 15) is 32.9 Å². The number of nitrogens with zero attached hydrogens (tertiary/aromatic N) is 3. The highest BCUT2D eigenvalue weighted by atomic mass is 19.4. The van der Waals surface area contributed by atoms with Crippen LogP contribution in [0.25, 0.3) is 6.08 Å². The van der Waals surface area contributed by atoms with Crippen molar-refractivity contribution in [2.45, 2.75) is 25.6 Å². The Hall–Kier alpha value is -4.28. The first-order valence-electron chi connectivity index (χ1n) is 10.6. The molecule has 35 heavy (non-hydrogen) atoms. The minimum absolute atomic E-state index is 0.00657. The number of carbonyl (C=O) groups excluding carboxylic acids is 1. The van der Waals surface area contributed by atoms with Crippen LogP contribution >= 0.6 is 0 Å². The van der Waals surface area contributed by atoms with Gasteiger partial charge in [0.05, 0.1) is 28.3 Å². The number of rotatable bonds is 5. The van der Waals surface area contributed by atoms with Gasteiger partial charge in [0.25, 0.3) is 11.2 Å². The van der Waals surface area contributed by atoms with E-state index in [1.807, 2.05) is 0 Å². The molecule has 0 bridgehead atoms. The predicted molar refractivity (Wildman–Crippen MR) is 120 cm³/mol. The van der Waals surface area contributed by atoms with Gasteiger partial charge in [-0.25, -0.2) is 4.98 Å². The lowest BCUT2D eigenvalue weighted by Gasteiger charge is -2.27. The van der Waals surface area contributed by atoms with Crippen molar-refractivity contribution in [1.82, 2.24) is 14.9 Å². The third-order valence-electron chi connectivity index (χ3n) is 5.63. The van der Waals surface area contributed by atoms with Gasteiger partial charge in [0.2, 0.25) is 5.91 Å². The molecule has 1 aliphatic rings. The second-order valence-electron chi connectivity index (χ2n) is 7.96. The molecule has 11 heteroatoms. The minimum atomic E-state index is -4.52. The highest BCUT2D eigenvalue weighted by Crippen LogP contribution is 2.32. The molecule has 180 valence electrons. The number of alkyl halides is 3. The van der Waals surface area contributed by atoms with Gasteiger partial charge in [-0.2, -0.15) is 13.2 Å². The molecule has 4 rings (SSSR count). The molecule has 8 nitrogen and oxygen atoms in total. The molecule has 0 atom stereocenters. The molecule has 0 aliphatic carbocycles. The number of aromatic amines is 1. The Labute approximate surface area is 196 Å². The van der Waals surface area contributed by atoms with Crippen molar-refractivity contribution >= 4 is 17.7 Å². The molecule has 1 aliphatic heterocycles. The number of non-ortho nitro benzene ring substituents is 1. The summed E-state index contributed by atoms with van der Waals surface area (Å²) in [5.41, 5.74) is 0.0203. The number of nitrogens with one attached hydrogen (secondary N) is 1. The van der Waals surface area contributed by atoms with E-state index in [0.29, 0.717) is 16.8 Å². The van der Waals surface area contributed by atoms with Crippen LogP contribution in [0.5, 0.6) is 0 Å². The number of nitro groups is 1. The van der Waals surface area contributed by atoms with E-state index in [0.717, 1.165) is 6.07 Å². The standard InChI is InChI=1S/C24H19F3N4O4/c25-24(26,27)19-4-2-1-3-16(19)13-21-28-20-11-12-30(14-18(20)23(33)29-21)22(32)10-7-15-5-8-17(9-6-15)31(34)35/h1-10H,11-14H2,(H,28,29,33). The van der Waals surface area contributed by atoms with E-state index in [4.69, 9.17) is 0 Å². The fourth-order valence-corrected chi connectivity index (χ4v) is 3.86. The zero-order chi connectivity index (χ0) is 25.2. The van der Waals surface area contributed by atoms with Crippen LogP contribution in [0.4, 0.5) is 18.9 Å². The SMILES string of the molecule is O=C(C=Cc1ccc([N+](=O)[O-])cc1)N1CCc2nc(Cc3ccccc3C(F)(F)F)[nH]c(=O)c2C1. The lowest BCUT2D eigenvalue weighted by molar-refractivity contribution is -0.384. The normalized spacial score (nSPS) is 13.6. The Balaban J connectivity index is 1.48. The molecule has 0 radical (unpaired) electrons. The van der Waals surface area contributed by atoms with E-state index in [1.54, 1.807) is 0 Å². The van der Waals surface area contributed by atoms with Gasteiger partial charge in [-0.1, -0.05) is 18.2 Å². The predicted octanol–water partition coefficient (Wildman–Crippen LogP) is 3.89. The molecule has 3 aromatic rings. The lowest BCUT2D eigenvalue weighted by Crippen LogP contribution is -2.39. The van der Waals surface area contributed by atoms with Gasteiger partial charge in [-0.3, -0.25) is 19.7 Å². The summed E-state index contributed by atoms with van der Waals surface area (Å²) in [7, 11) is 0. The maximum Gasteiger partial charge on any atom is 0.416 e. The number of aromatic nitrogens is 2. The summed E-state index contributed by atoms with van der Waals surface area (Å²) in [6.07, 6.45) is -1.58. The highest BCUT2D eigenvalue weighted by molar-refractivity contribution is 5.91. The van der Waals surface area contributed by atoms with Gasteiger partial charge in [0, 0.05) is 37.6 Å². The topological polar surface area (TPSA) is 109 Å². The van der Waals surface area contributed by atoms with Crippen LogP contribution < -0.4 is 5.56 Å². The fraction of sp³-hybridized carbons (Fsp3) is 0.208. The summed E-state index contributed by atoms with van der Waals surface area (Å²) in [6.45, 7) is 0.298. The average molecular weight is 484 g/mol. The van der Waals surface area contributed by atoms with E-state index >= 15 is 0 Å². The average Bonchev–Trinajstić information content (AvgIpc) is 2.82. The third-order valence-corrected chi connectivity index (χ3v) is 5.63. The van der Waals surface area contributed by atoms with Crippen LogP contribution in [0.3, 0.4) is 0 Å². The van der Waals surface area contributed by atoms with Gasteiger partial charge in [0.15, 0.2) is 0 Å². The number of H-pyrrole nitrogens is 1. The molecular weight excluding hydrogens is 465 g/mol. The van der Waals surface area contributed by atoms with Crippen molar-refractivity contribution < 1.29 is 22.9 Å². The number of carbonyl (C=O) groups is 1. The monoisotopic (exact) mass is 484 g/mol. The van der Waals surface area contributed by atoms with Crippen molar-refractivity contribution in [3.05, 3.63) is 109 Å². The zero-order valence-electron chi connectivity index (χ0n) is 18.2. The zero-order valence-corrected chi connectivity index (χ0v) is 18.2. The lowest BCUT2D eigenvalue weighted by atomic mass is 10.0. The number of nitro benzene ring substituents is 1. The summed E-state index contributed by atoms with van der Waals surface area (Å²) < 4.78 is 39.8. The molecule has 1 N–H and O–H groups in total. The van der Waals surface area contributed by atoms with Crippen LogP contribution in [0.15, 0.2) is 59.4 Å². The number of fused-ring (bicyclic) bond motifs is 1. The van der Waals surface area contributed by atoms with E-state index in [2.05, 4.69) is 9.97 Å². The summed E-state index contributed by atoms with van der Waals surface area (Å²) in [5, 5.41) is 10.7. The summed E-state index contributed by atoms with van der Waals surface area (Å²) in [4.78, 5) is 43.8. The van der Waals surface area contributed by atoms with Crippen LogP contribution in [0, 0.1) is 10.1 Å². The van der Waals surface area contributed by atoms with Crippen LogP contribution in [0.1, 0.15) is 33.8 Å². The maximum atomic E-state index is 13.3. The number of amides is 1. The molecule has 1 aromatic heterocycles. The second-order valence-corrected chi connectivity index (χ2v) is 7.96. The fourth-order valence-electron chi connectivity index (χ4n) is 3.86. The minimum Gasteiger partial charge on any atom is -0.334 e. The van der Waals surface area contributed by atoms with E-state index < -0.39 is 22.2 Å². The summed E-state index contributed by atoms with van der Waals surface area (Å²) >= 11 is 0. The second kappa shape index (κ2) is 9.53. The first kappa shape index (κ1) is 23.9. The smallest absolute Gasteiger partial charge is 0.334 e. The number of hydrogen-bond acceptors (Lipinski definition) is 5. The van der Waals surface area contributed by atoms with Crippen molar-refractivity contribution in [2.24, 2.45) is 0 Å². The van der Waals surface area contributed by atoms with Crippen molar-refractivity contribution in [3.8, 4) is 0 Å². The highest BCUT2D eigenvalue weighted by Gasteiger charge is 2.33. The van der Waals surface area contributed by atoms with E-state index in [-0.39, 0.29) is 48.9 Å². The first-order valence-corrected chi connectivity index (χ1v) is 10.6. The van der Waals surface area contributed by atoms with Crippen LogP contribution in [-0.4, -0.2) is 32.2 Å². The number of hydrogen-bond donors (Lipinski definition) is 1. The Morgan fingerprint density at radius 3 is 2.57 bits per heavy atom. The van der Waals surface area contributed by atoms with Crippen LogP contribution in [-0.2, 0) is 30.4 Å². The number of benzene rings is 2.